The molecule has 0 aliphatic carbocycles. The summed E-state index contributed by atoms with van der Waals surface area (Å²) in [5, 5.41) is 9.55. The molecule has 2 N–H and O–H groups in total. The van der Waals surface area contributed by atoms with Gasteiger partial charge in [-0.25, -0.2) is 14.8 Å². The highest BCUT2D eigenvalue weighted by Crippen LogP contribution is 2.12. The number of ether oxygens (including phenoxy) is 1. The molecule has 2 aromatic heterocycles. The maximum atomic E-state index is 11.4. The van der Waals surface area contributed by atoms with E-state index in [4.69, 9.17) is 0 Å². The van der Waals surface area contributed by atoms with Crippen molar-refractivity contribution >= 4 is 11.8 Å². The number of aromatic nitrogens is 4. The number of anilines is 1. The molecule has 18 heavy (non-hydrogen) atoms. The number of hydrogen-bond donors (Lipinski definition) is 2. The Hall–Kier alpha value is -2.44. The number of pyridine rings is 1. The molecule has 0 fully saturated rings. The van der Waals surface area contributed by atoms with Gasteiger partial charge < -0.3 is 10.1 Å². The number of nitrogens with zero attached hydrogens (tertiary/aromatic N) is 3. The maximum absolute atomic E-state index is 11.4. The zero-order valence-corrected chi connectivity index (χ0v) is 10.1. The number of carbonyl (C=O) groups excluding carboxylic acids is 1. The van der Waals surface area contributed by atoms with Gasteiger partial charge >= 0.3 is 5.97 Å². The van der Waals surface area contributed by atoms with Crippen LogP contribution in [0, 0.1) is 6.92 Å². The van der Waals surface area contributed by atoms with Crippen LogP contribution in [0.1, 0.15) is 21.9 Å². The molecule has 0 saturated carbocycles. The zero-order valence-electron chi connectivity index (χ0n) is 10.1. The van der Waals surface area contributed by atoms with E-state index in [0.29, 0.717) is 29.4 Å². The Morgan fingerprint density at radius 2 is 2.33 bits per heavy atom. The van der Waals surface area contributed by atoms with Crippen molar-refractivity contribution in [2.75, 3.05) is 12.4 Å². The molecule has 2 aromatic rings. The minimum atomic E-state index is -0.387. The molecule has 0 aliphatic rings. The quantitative estimate of drug-likeness (QED) is 0.780. The number of hydrogen-bond acceptors (Lipinski definition) is 6. The Labute approximate surface area is 104 Å². The van der Waals surface area contributed by atoms with Gasteiger partial charge in [0, 0.05) is 0 Å². The highest BCUT2D eigenvalue weighted by atomic mass is 16.5. The minimum absolute atomic E-state index is 0.387. The predicted octanol–water partition coefficient (Wildman–Crippen LogP) is 0.907. The molecule has 0 radical (unpaired) electrons. The minimum Gasteiger partial charge on any atom is -0.465 e. The third-order valence-corrected chi connectivity index (χ3v) is 2.39. The number of H-pyrrole nitrogens is 1. The maximum Gasteiger partial charge on any atom is 0.339 e. The van der Waals surface area contributed by atoms with Gasteiger partial charge in [0.2, 0.25) is 0 Å². The second-order valence-corrected chi connectivity index (χ2v) is 3.61. The van der Waals surface area contributed by atoms with Crippen molar-refractivity contribution in [1.82, 2.24) is 20.2 Å². The number of nitrogens with one attached hydrogen (secondary N) is 2. The number of carbonyl (C=O) groups is 1. The van der Waals surface area contributed by atoms with Crippen molar-refractivity contribution in [3.8, 4) is 0 Å². The molecule has 0 atom stereocenters. The van der Waals surface area contributed by atoms with Gasteiger partial charge in [-0.1, -0.05) is 0 Å². The van der Waals surface area contributed by atoms with Crippen molar-refractivity contribution in [3.05, 3.63) is 35.5 Å². The van der Waals surface area contributed by atoms with Crippen LogP contribution in [0.2, 0.25) is 0 Å². The van der Waals surface area contributed by atoms with Crippen LogP contribution in [0.4, 0.5) is 5.82 Å². The molecule has 7 nitrogen and oxygen atoms in total. The van der Waals surface area contributed by atoms with Crippen LogP contribution in [-0.4, -0.2) is 33.2 Å². The fourth-order valence-corrected chi connectivity index (χ4v) is 1.48. The Morgan fingerprint density at radius 3 is 2.94 bits per heavy atom. The molecule has 0 spiro atoms. The molecule has 0 bridgehead atoms. The summed E-state index contributed by atoms with van der Waals surface area (Å²) in [6.07, 6.45) is 1.44. The van der Waals surface area contributed by atoms with Crippen LogP contribution < -0.4 is 5.32 Å². The number of rotatable bonds is 4. The van der Waals surface area contributed by atoms with E-state index in [2.05, 4.69) is 30.2 Å². The molecule has 0 aromatic carbocycles. The molecule has 94 valence electrons. The topological polar surface area (TPSA) is 92.8 Å². The third kappa shape index (κ3) is 2.62. The first-order chi connectivity index (χ1) is 8.70. The van der Waals surface area contributed by atoms with Gasteiger partial charge in [0.25, 0.3) is 0 Å². The first-order valence-electron chi connectivity index (χ1n) is 5.35. The summed E-state index contributed by atoms with van der Waals surface area (Å²) in [5.41, 5.74) is 1.08. The summed E-state index contributed by atoms with van der Waals surface area (Å²) in [6, 6.07) is 3.40. The van der Waals surface area contributed by atoms with Gasteiger partial charge in [-0.2, -0.15) is 5.10 Å². The van der Waals surface area contributed by atoms with E-state index in [1.165, 1.54) is 13.4 Å². The van der Waals surface area contributed by atoms with Gasteiger partial charge in [-0.15, -0.1) is 0 Å². The summed E-state index contributed by atoms with van der Waals surface area (Å²) in [5.74, 6) is 0.991. The molecule has 2 heterocycles. The molecule has 0 aliphatic heterocycles. The average Bonchev–Trinajstić information content (AvgIpc) is 2.88. The molecular weight excluding hydrogens is 234 g/mol. The lowest BCUT2D eigenvalue weighted by Gasteiger charge is -2.07. The van der Waals surface area contributed by atoms with Crippen LogP contribution in [-0.2, 0) is 11.3 Å². The van der Waals surface area contributed by atoms with E-state index in [9.17, 15) is 4.79 Å². The summed E-state index contributed by atoms with van der Waals surface area (Å²) >= 11 is 0. The lowest BCUT2D eigenvalue weighted by atomic mass is 10.2. The number of esters is 1. The molecule has 7 heteroatoms. The van der Waals surface area contributed by atoms with E-state index < -0.39 is 0 Å². The Morgan fingerprint density at radius 1 is 1.50 bits per heavy atom. The van der Waals surface area contributed by atoms with Crippen molar-refractivity contribution in [1.29, 1.82) is 0 Å². The third-order valence-electron chi connectivity index (χ3n) is 2.39. The van der Waals surface area contributed by atoms with Gasteiger partial charge in [0.1, 0.15) is 18.0 Å². The normalized spacial score (nSPS) is 10.1. The van der Waals surface area contributed by atoms with Crippen LogP contribution >= 0.6 is 0 Å². The van der Waals surface area contributed by atoms with E-state index in [0.717, 1.165) is 0 Å². The van der Waals surface area contributed by atoms with Crippen LogP contribution in [0.15, 0.2) is 18.5 Å². The molecule has 0 amide bonds. The SMILES string of the molecule is COC(=O)c1ccc(NCc2ncn[nH]2)nc1C. The molecule has 0 unspecified atom stereocenters. The van der Waals surface area contributed by atoms with Crippen molar-refractivity contribution in [2.24, 2.45) is 0 Å². The Kier molecular flexibility index (Phi) is 3.52. The lowest BCUT2D eigenvalue weighted by Crippen LogP contribution is -2.08. The van der Waals surface area contributed by atoms with Crippen molar-refractivity contribution in [3.63, 3.8) is 0 Å². The highest BCUT2D eigenvalue weighted by molar-refractivity contribution is 5.90. The number of methoxy groups -OCH3 is 1. The Bertz CT molecular complexity index is 538. The summed E-state index contributed by atoms with van der Waals surface area (Å²) in [4.78, 5) is 19.6. The van der Waals surface area contributed by atoms with Crippen LogP contribution in [0.25, 0.3) is 0 Å². The monoisotopic (exact) mass is 247 g/mol. The van der Waals surface area contributed by atoms with Crippen molar-refractivity contribution < 1.29 is 9.53 Å². The second kappa shape index (κ2) is 5.26. The largest absolute Gasteiger partial charge is 0.465 e. The van der Waals surface area contributed by atoms with Gasteiger partial charge in [-0.3, -0.25) is 5.10 Å². The summed E-state index contributed by atoms with van der Waals surface area (Å²) in [7, 11) is 1.35. The molecule has 2 rings (SSSR count). The fraction of sp³-hybridized carbons (Fsp3) is 0.273. The zero-order chi connectivity index (χ0) is 13.0. The van der Waals surface area contributed by atoms with E-state index in [1.54, 1.807) is 19.1 Å². The first kappa shape index (κ1) is 12.0. The molecular formula is C11H13N5O2. The lowest BCUT2D eigenvalue weighted by molar-refractivity contribution is 0.0599. The smallest absolute Gasteiger partial charge is 0.339 e. The highest BCUT2D eigenvalue weighted by Gasteiger charge is 2.10. The Balaban J connectivity index is 2.07. The van der Waals surface area contributed by atoms with Gasteiger partial charge in [-0.05, 0) is 19.1 Å². The number of aryl methyl sites for hydroxylation is 1. The van der Waals surface area contributed by atoms with Gasteiger partial charge in [0.15, 0.2) is 0 Å². The van der Waals surface area contributed by atoms with E-state index in [1.807, 2.05) is 0 Å². The van der Waals surface area contributed by atoms with Gasteiger partial charge in [0.05, 0.1) is 24.9 Å². The average molecular weight is 247 g/mol. The predicted molar refractivity (Wildman–Crippen MR) is 64.0 cm³/mol. The van der Waals surface area contributed by atoms with E-state index in [-0.39, 0.29) is 5.97 Å². The van der Waals surface area contributed by atoms with Crippen LogP contribution in [0.3, 0.4) is 0 Å². The molecule has 0 saturated heterocycles. The van der Waals surface area contributed by atoms with E-state index >= 15 is 0 Å². The fourth-order valence-electron chi connectivity index (χ4n) is 1.48. The van der Waals surface area contributed by atoms with Crippen molar-refractivity contribution in [2.45, 2.75) is 13.5 Å². The van der Waals surface area contributed by atoms with Crippen LogP contribution in [0.5, 0.6) is 0 Å². The summed E-state index contributed by atoms with van der Waals surface area (Å²) in [6.45, 7) is 2.25. The summed E-state index contributed by atoms with van der Waals surface area (Å²) < 4.78 is 4.65. The second-order valence-electron chi connectivity index (χ2n) is 3.61. The number of aromatic amines is 1. The first-order valence-corrected chi connectivity index (χ1v) is 5.35. The standard InChI is InChI=1S/C11H13N5O2/c1-7-8(11(17)18-2)3-4-9(15-7)12-5-10-13-6-14-16-10/h3-4,6H,5H2,1-2H3,(H,12,15)(H,13,14,16).